The molecule has 1 aromatic heterocycles. The van der Waals surface area contributed by atoms with E-state index in [1.807, 2.05) is 0 Å². The number of halogens is 3. The summed E-state index contributed by atoms with van der Waals surface area (Å²) in [5.41, 5.74) is -0.564. The molecule has 2 rings (SSSR count). The van der Waals surface area contributed by atoms with Gasteiger partial charge in [0.25, 0.3) is 0 Å². The van der Waals surface area contributed by atoms with Crippen LogP contribution in [0.25, 0.3) is 0 Å². The summed E-state index contributed by atoms with van der Waals surface area (Å²) in [5.74, 6) is -4.91. The van der Waals surface area contributed by atoms with Crippen LogP contribution in [0.15, 0.2) is 48.8 Å². The molecule has 0 radical (unpaired) electrons. The zero-order valence-electron chi connectivity index (χ0n) is 9.11. The quantitative estimate of drug-likeness (QED) is 0.794. The molecule has 5 heteroatoms. The van der Waals surface area contributed by atoms with Crippen molar-refractivity contribution < 1.29 is 13.6 Å². The molecule has 0 atom stereocenters. The second kappa shape index (κ2) is 4.82. The third-order valence-electron chi connectivity index (χ3n) is 2.40. The lowest BCUT2D eigenvalue weighted by atomic mass is 10.0. The van der Waals surface area contributed by atoms with Crippen molar-refractivity contribution in [2.75, 3.05) is 0 Å². The van der Waals surface area contributed by atoms with Gasteiger partial charge in [0.1, 0.15) is 0 Å². The average Bonchev–Trinajstić information content (AvgIpc) is 2.39. The summed E-state index contributed by atoms with van der Waals surface area (Å²) >= 11 is 5.64. The zero-order chi connectivity index (χ0) is 13.2. The van der Waals surface area contributed by atoms with Crippen molar-refractivity contribution in [3.05, 3.63) is 64.9 Å². The molecule has 0 N–H and O–H groups in total. The van der Waals surface area contributed by atoms with E-state index in [1.165, 1.54) is 36.5 Å². The van der Waals surface area contributed by atoms with E-state index in [2.05, 4.69) is 4.98 Å². The summed E-state index contributed by atoms with van der Waals surface area (Å²) in [5, 5.41) is 0.158. The number of carbonyl (C=O) groups is 1. The lowest BCUT2D eigenvalue weighted by Gasteiger charge is -2.15. The molecule has 2 aromatic rings. The van der Waals surface area contributed by atoms with Crippen molar-refractivity contribution in [3.63, 3.8) is 0 Å². The number of benzene rings is 1. The minimum atomic E-state index is -3.62. The number of aromatic nitrogens is 1. The number of pyridine rings is 1. The molecule has 1 heterocycles. The van der Waals surface area contributed by atoms with Crippen LogP contribution in [-0.2, 0) is 5.92 Å². The van der Waals surface area contributed by atoms with Crippen LogP contribution in [0.3, 0.4) is 0 Å². The maximum absolute atomic E-state index is 14.0. The fourth-order valence-corrected chi connectivity index (χ4v) is 1.68. The number of hydrogen-bond donors (Lipinski definition) is 0. The van der Waals surface area contributed by atoms with Crippen molar-refractivity contribution >= 4 is 17.4 Å². The normalized spacial score (nSPS) is 11.3. The molecule has 0 aliphatic heterocycles. The highest BCUT2D eigenvalue weighted by Crippen LogP contribution is 2.32. The van der Waals surface area contributed by atoms with E-state index in [9.17, 15) is 13.6 Å². The van der Waals surface area contributed by atoms with Gasteiger partial charge in [0, 0.05) is 28.5 Å². The first-order valence-corrected chi connectivity index (χ1v) is 5.48. The summed E-state index contributed by atoms with van der Waals surface area (Å²) in [7, 11) is 0. The highest BCUT2D eigenvalue weighted by Gasteiger charge is 2.41. The summed E-state index contributed by atoms with van der Waals surface area (Å²) in [6.45, 7) is 0. The van der Waals surface area contributed by atoms with Crippen LogP contribution in [0.4, 0.5) is 8.78 Å². The van der Waals surface area contributed by atoms with Gasteiger partial charge in [-0.3, -0.25) is 9.78 Å². The Balaban J connectivity index is 2.40. The molecule has 0 fully saturated rings. The van der Waals surface area contributed by atoms with Gasteiger partial charge in [0.05, 0.1) is 0 Å². The molecule has 0 amide bonds. The maximum Gasteiger partial charge on any atom is 0.335 e. The SMILES string of the molecule is O=C(c1cccnc1)C(F)(F)c1cccc(Cl)c1. The largest absolute Gasteiger partial charge is 0.335 e. The Hall–Kier alpha value is -1.81. The Bertz CT molecular complexity index is 572. The molecule has 2 nitrogen and oxygen atoms in total. The molecular formula is C13H8ClF2NO. The van der Waals surface area contributed by atoms with Gasteiger partial charge in [-0.25, -0.2) is 0 Å². The molecule has 0 bridgehead atoms. The minimum Gasteiger partial charge on any atom is -0.287 e. The predicted molar refractivity (Wildman–Crippen MR) is 63.9 cm³/mol. The topological polar surface area (TPSA) is 30.0 Å². The number of alkyl halides is 2. The van der Waals surface area contributed by atoms with E-state index in [-0.39, 0.29) is 10.6 Å². The van der Waals surface area contributed by atoms with Gasteiger partial charge in [-0.1, -0.05) is 23.7 Å². The summed E-state index contributed by atoms with van der Waals surface area (Å²) in [6.07, 6.45) is 2.52. The standard InChI is InChI=1S/C13H8ClF2NO/c14-11-5-1-4-10(7-11)13(15,16)12(18)9-3-2-6-17-8-9/h1-8H. The van der Waals surface area contributed by atoms with Crippen LogP contribution in [0, 0.1) is 0 Å². The second-order valence-electron chi connectivity index (χ2n) is 3.66. The first-order valence-electron chi connectivity index (χ1n) is 5.10. The van der Waals surface area contributed by atoms with Gasteiger partial charge >= 0.3 is 5.92 Å². The fraction of sp³-hybridized carbons (Fsp3) is 0.0769. The van der Waals surface area contributed by atoms with Gasteiger partial charge in [-0.2, -0.15) is 8.78 Å². The molecule has 1 aromatic carbocycles. The van der Waals surface area contributed by atoms with Crippen molar-refractivity contribution in [1.82, 2.24) is 4.98 Å². The predicted octanol–water partition coefficient (Wildman–Crippen LogP) is 3.71. The molecule has 18 heavy (non-hydrogen) atoms. The lowest BCUT2D eigenvalue weighted by molar-refractivity contribution is 0.00740. The summed E-state index contributed by atoms with van der Waals surface area (Å²) in [6, 6.07) is 7.82. The molecule has 0 unspecified atom stereocenters. The van der Waals surface area contributed by atoms with E-state index in [0.29, 0.717) is 0 Å². The monoisotopic (exact) mass is 267 g/mol. The Morgan fingerprint density at radius 2 is 2.00 bits per heavy atom. The van der Waals surface area contributed by atoms with E-state index in [1.54, 1.807) is 0 Å². The van der Waals surface area contributed by atoms with E-state index in [4.69, 9.17) is 11.6 Å². The van der Waals surface area contributed by atoms with E-state index >= 15 is 0 Å². The smallest absolute Gasteiger partial charge is 0.287 e. The number of ketones is 1. The van der Waals surface area contributed by atoms with Crippen LogP contribution < -0.4 is 0 Å². The molecule has 0 saturated heterocycles. The Morgan fingerprint density at radius 1 is 1.22 bits per heavy atom. The van der Waals surface area contributed by atoms with Crippen molar-refractivity contribution in [2.24, 2.45) is 0 Å². The lowest BCUT2D eigenvalue weighted by Crippen LogP contribution is -2.26. The number of Topliss-reactive ketones (excluding diaryl/α,β-unsaturated/α-hetero) is 1. The van der Waals surface area contributed by atoms with Gasteiger partial charge in [-0.05, 0) is 24.3 Å². The summed E-state index contributed by atoms with van der Waals surface area (Å²) < 4.78 is 28.0. The van der Waals surface area contributed by atoms with Crippen LogP contribution in [0.5, 0.6) is 0 Å². The third kappa shape index (κ3) is 2.38. The third-order valence-corrected chi connectivity index (χ3v) is 2.63. The second-order valence-corrected chi connectivity index (χ2v) is 4.09. The van der Waals surface area contributed by atoms with Gasteiger partial charge in [0.15, 0.2) is 0 Å². The summed E-state index contributed by atoms with van der Waals surface area (Å²) in [4.78, 5) is 15.4. The molecule has 0 saturated carbocycles. The highest BCUT2D eigenvalue weighted by atomic mass is 35.5. The van der Waals surface area contributed by atoms with Gasteiger partial charge in [-0.15, -0.1) is 0 Å². The number of nitrogens with zero attached hydrogens (tertiary/aromatic N) is 1. The van der Waals surface area contributed by atoms with Crippen molar-refractivity contribution in [1.29, 1.82) is 0 Å². The Morgan fingerprint density at radius 3 is 2.61 bits per heavy atom. The first-order chi connectivity index (χ1) is 8.51. The Labute approximate surface area is 107 Å². The fourth-order valence-electron chi connectivity index (χ4n) is 1.49. The highest BCUT2D eigenvalue weighted by molar-refractivity contribution is 6.30. The Kier molecular flexibility index (Phi) is 3.39. The van der Waals surface area contributed by atoms with E-state index in [0.717, 1.165) is 12.3 Å². The van der Waals surface area contributed by atoms with Crippen molar-refractivity contribution in [3.8, 4) is 0 Å². The number of carbonyl (C=O) groups excluding carboxylic acids is 1. The van der Waals surface area contributed by atoms with Gasteiger partial charge in [0.2, 0.25) is 5.78 Å². The van der Waals surface area contributed by atoms with Crippen molar-refractivity contribution in [2.45, 2.75) is 5.92 Å². The zero-order valence-corrected chi connectivity index (χ0v) is 9.86. The van der Waals surface area contributed by atoms with Gasteiger partial charge < -0.3 is 0 Å². The number of hydrogen-bond acceptors (Lipinski definition) is 2. The molecule has 0 aliphatic carbocycles. The minimum absolute atomic E-state index is 0.137. The van der Waals surface area contributed by atoms with Crippen LogP contribution in [0.1, 0.15) is 15.9 Å². The first kappa shape index (κ1) is 12.6. The maximum atomic E-state index is 14.0. The molecular weight excluding hydrogens is 260 g/mol. The van der Waals surface area contributed by atoms with Crippen LogP contribution in [-0.4, -0.2) is 10.8 Å². The average molecular weight is 268 g/mol. The van der Waals surface area contributed by atoms with E-state index < -0.39 is 17.3 Å². The molecule has 92 valence electrons. The van der Waals surface area contributed by atoms with Crippen LogP contribution in [0.2, 0.25) is 5.02 Å². The van der Waals surface area contributed by atoms with Crippen LogP contribution >= 0.6 is 11.6 Å². The molecule has 0 aliphatic rings. The molecule has 0 spiro atoms. The number of rotatable bonds is 3.